The lowest BCUT2D eigenvalue weighted by Crippen LogP contribution is -2.21. The number of thioether (sulfide) groups is 1. The van der Waals surface area contributed by atoms with E-state index in [0.717, 1.165) is 34.8 Å². The zero-order chi connectivity index (χ0) is 12.3. The van der Waals surface area contributed by atoms with Crippen LogP contribution in [0.2, 0.25) is 0 Å². The van der Waals surface area contributed by atoms with Crippen LogP contribution in [0.5, 0.6) is 0 Å². The minimum atomic E-state index is 0.447. The first-order valence-electron chi connectivity index (χ1n) is 5.73. The van der Waals surface area contributed by atoms with Gasteiger partial charge in [-0.2, -0.15) is 11.8 Å². The van der Waals surface area contributed by atoms with Crippen LogP contribution in [-0.2, 0) is 0 Å². The van der Waals surface area contributed by atoms with Crippen molar-refractivity contribution >= 4 is 34.4 Å². The lowest BCUT2D eigenvalue weighted by molar-refractivity contribution is 0.767. The van der Waals surface area contributed by atoms with E-state index in [-0.39, 0.29) is 0 Å². The van der Waals surface area contributed by atoms with Crippen LogP contribution in [0.15, 0.2) is 18.2 Å². The van der Waals surface area contributed by atoms with Crippen LogP contribution < -0.4 is 11.1 Å². The van der Waals surface area contributed by atoms with Crippen LogP contribution in [0.4, 0.5) is 11.6 Å². The Morgan fingerprint density at radius 2 is 2.35 bits per heavy atom. The molecular weight excluding hydrogens is 232 g/mol. The van der Waals surface area contributed by atoms with Gasteiger partial charge in [0.05, 0.1) is 11.0 Å². The van der Waals surface area contributed by atoms with Crippen molar-refractivity contribution in [2.24, 2.45) is 0 Å². The summed E-state index contributed by atoms with van der Waals surface area (Å²) in [6.07, 6.45) is 3.20. The first-order chi connectivity index (χ1) is 8.22. The van der Waals surface area contributed by atoms with Crippen molar-refractivity contribution in [2.45, 2.75) is 19.4 Å². The summed E-state index contributed by atoms with van der Waals surface area (Å²) in [5.74, 6) is 1.90. The maximum Gasteiger partial charge on any atom is 0.201 e. The molecular formula is C12H18N4S. The van der Waals surface area contributed by atoms with E-state index < -0.39 is 0 Å². The Morgan fingerprint density at radius 1 is 1.53 bits per heavy atom. The summed E-state index contributed by atoms with van der Waals surface area (Å²) in [5, 5.41) is 3.41. The van der Waals surface area contributed by atoms with Crippen LogP contribution in [0.1, 0.15) is 13.3 Å². The molecule has 2 rings (SSSR count). The first-order valence-corrected chi connectivity index (χ1v) is 7.13. The number of hydrogen-bond acceptors (Lipinski definition) is 4. The number of anilines is 2. The highest BCUT2D eigenvalue weighted by Crippen LogP contribution is 2.18. The van der Waals surface area contributed by atoms with Gasteiger partial charge in [0.1, 0.15) is 0 Å². The number of hydrogen-bond donors (Lipinski definition) is 3. The van der Waals surface area contributed by atoms with Gasteiger partial charge in [-0.25, -0.2) is 4.98 Å². The lowest BCUT2D eigenvalue weighted by Gasteiger charge is -2.14. The van der Waals surface area contributed by atoms with Crippen molar-refractivity contribution in [1.29, 1.82) is 0 Å². The molecule has 0 bridgehead atoms. The molecule has 0 aliphatic rings. The van der Waals surface area contributed by atoms with Crippen molar-refractivity contribution in [2.75, 3.05) is 23.1 Å². The van der Waals surface area contributed by atoms with Crippen LogP contribution in [0.25, 0.3) is 11.0 Å². The van der Waals surface area contributed by atoms with Crippen LogP contribution in [-0.4, -0.2) is 28.0 Å². The second-order valence-electron chi connectivity index (χ2n) is 4.07. The van der Waals surface area contributed by atoms with Gasteiger partial charge in [0.25, 0.3) is 0 Å². The number of H-pyrrole nitrogens is 1. The predicted molar refractivity (Wildman–Crippen MR) is 76.6 cm³/mol. The summed E-state index contributed by atoms with van der Waals surface area (Å²) in [7, 11) is 0. The molecule has 0 spiro atoms. The highest BCUT2D eigenvalue weighted by molar-refractivity contribution is 7.98. The topological polar surface area (TPSA) is 66.7 Å². The van der Waals surface area contributed by atoms with Crippen molar-refractivity contribution in [3.8, 4) is 0 Å². The molecule has 1 atom stereocenters. The molecule has 0 aliphatic heterocycles. The zero-order valence-corrected chi connectivity index (χ0v) is 11.0. The van der Waals surface area contributed by atoms with Crippen molar-refractivity contribution in [3.63, 3.8) is 0 Å². The molecule has 0 saturated heterocycles. The van der Waals surface area contributed by atoms with Crippen LogP contribution in [0, 0.1) is 0 Å². The first kappa shape index (κ1) is 12.1. The fraction of sp³-hybridized carbons (Fsp3) is 0.417. The second kappa shape index (κ2) is 5.31. The standard InChI is InChI=1S/C12H18N4S/c1-3-9(7-17-2)14-12-15-10-5-4-8(13)6-11(10)16-12/h4-6,9H,3,7,13H2,1-2H3,(H2,14,15,16). The van der Waals surface area contributed by atoms with Crippen molar-refractivity contribution in [3.05, 3.63) is 18.2 Å². The minimum Gasteiger partial charge on any atom is -0.399 e. The normalized spacial score (nSPS) is 12.8. The maximum absolute atomic E-state index is 5.74. The fourth-order valence-corrected chi connectivity index (χ4v) is 2.47. The number of nitrogen functional groups attached to an aromatic ring is 1. The molecule has 1 unspecified atom stereocenters. The van der Waals surface area contributed by atoms with E-state index in [1.807, 2.05) is 30.0 Å². The Morgan fingerprint density at radius 3 is 3.06 bits per heavy atom. The number of aromatic amines is 1. The average Bonchev–Trinajstić information content (AvgIpc) is 2.69. The maximum atomic E-state index is 5.74. The van der Waals surface area contributed by atoms with E-state index in [9.17, 15) is 0 Å². The molecule has 0 amide bonds. The number of rotatable bonds is 5. The Balaban J connectivity index is 2.18. The Bertz CT molecular complexity index is 494. The second-order valence-corrected chi connectivity index (χ2v) is 4.98. The molecule has 0 radical (unpaired) electrons. The van der Waals surface area contributed by atoms with E-state index in [0.29, 0.717) is 6.04 Å². The molecule has 17 heavy (non-hydrogen) atoms. The third-order valence-electron chi connectivity index (χ3n) is 2.71. The molecule has 4 N–H and O–H groups in total. The van der Waals surface area contributed by atoms with Gasteiger partial charge in [-0.3, -0.25) is 0 Å². The molecule has 1 aromatic heterocycles. The van der Waals surface area contributed by atoms with E-state index in [1.54, 1.807) is 0 Å². The van der Waals surface area contributed by atoms with Gasteiger partial charge < -0.3 is 16.0 Å². The summed E-state index contributed by atoms with van der Waals surface area (Å²) in [5.41, 5.74) is 8.41. The summed E-state index contributed by atoms with van der Waals surface area (Å²) in [6.45, 7) is 2.18. The van der Waals surface area contributed by atoms with Gasteiger partial charge in [0.2, 0.25) is 5.95 Å². The van der Waals surface area contributed by atoms with Gasteiger partial charge in [-0.1, -0.05) is 6.92 Å². The van der Waals surface area contributed by atoms with Gasteiger partial charge in [-0.05, 0) is 30.9 Å². The number of nitrogens with two attached hydrogens (primary N) is 1. The SMILES string of the molecule is CCC(CSC)Nc1nc2ccc(N)cc2[nH]1. The number of aromatic nitrogens is 2. The zero-order valence-electron chi connectivity index (χ0n) is 10.2. The van der Waals surface area contributed by atoms with Crippen molar-refractivity contribution in [1.82, 2.24) is 9.97 Å². The summed E-state index contributed by atoms with van der Waals surface area (Å²) in [4.78, 5) is 7.74. The van der Waals surface area contributed by atoms with Gasteiger partial charge >= 0.3 is 0 Å². The largest absolute Gasteiger partial charge is 0.399 e. The number of imidazole rings is 1. The third kappa shape index (κ3) is 2.85. The molecule has 5 heteroatoms. The van der Waals surface area contributed by atoms with Crippen molar-refractivity contribution < 1.29 is 0 Å². The molecule has 0 saturated carbocycles. The van der Waals surface area contributed by atoms with E-state index in [4.69, 9.17) is 5.73 Å². The number of benzene rings is 1. The number of fused-ring (bicyclic) bond motifs is 1. The highest BCUT2D eigenvalue weighted by Gasteiger charge is 2.08. The van der Waals surface area contributed by atoms with Gasteiger partial charge in [0.15, 0.2) is 0 Å². The van der Waals surface area contributed by atoms with Crippen LogP contribution >= 0.6 is 11.8 Å². The van der Waals surface area contributed by atoms with E-state index in [2.05, 4.69) is 28.5 Å². The minimum absolute atomic E-state index is 0.447. The monoisotopic (exact) mass is 250 g/mol. The van der Waals surface area contributed by atoms with Crippen LogP contribution in [0.3, 0.4) is 0 Å². The molecule has 1 heterocycles. The molecule has 2 aromatic rings. The fourth-order valence-electron chi connectivity index (χ4n) is 1.75. The molecule has 1 aromatic carbocycles. The molecule has 4 nitrogen and oxygen atoms in total. The average molecular weight is 250 g/mol. The lowest BCUT2D eigenvalue weighted by atomic mass is 10.3. The molecule has 0 aliphatic carbocycles. The Hall–Kier alpha value is -1.36. The quantitative estimate of drug-likeness (QED) is 0.714. The van der Waals surface area contributed by atoms with Gasteiger partial charge in [0, 0.05) is 17.5 Å². The smallest absolute Gasteiger partial charge is 0.201 e. The van der Waals surface area contributed by atoms with Gasteiger partial charge in [-0.15, -0.1) is 0 Å². The Labute approximate surface area is 105 Å². The van der Waals surface area contributed by atoms with E-state index in [1.165, 1.54) is 0 Å². The highest BCUT2D eigenvalue weighted by atomic mass is 32.2. The Kier molecular flexibility index (Phi) is 3.78. The number of nitrogens with one attached hydrogen (secondary N) is 2. The van der Waals surface area contributed by atoms with E-state index >= 15 is 0 Å². The third-order valence-corrected chi connectivity index (χ3v) is 3.44. The number of nitrogens with zero attached hydrogens (tertiary/aromatic N) is 1. The molecule has 92 valence electrons. The summed E-state index contributed by atoms with van der Waals surface area (Å²) >= 11 is 1.84. The predicted octanol–water partition coefficient (Wildman–Crippen LogP) is 2.70. The molecule has 0 fully saturated rings. The summed E-state index contributed by atoms with van der Waals surface area (Å²) < 4.78 is 0. The summed E-state index contributed by atoms with van der Waals surface area (Å²) in [6, 6.07) is 6.15.